The Labute approximate surface area is 107 Å². The van der Waals surface area contributed by atoms with Gasteiger partial charge < -0.3 is 15.1 Å². The lowest BCUT2D eigenvalue weighted by atomic mass is 10.0. The van der Waals surface area contributed by atoms with Crippen molar-refractivity contribution in [2.24, 2.45) is 5.92 Å². The Morgan fingerprint density at radius 2 is 1.67 bits per heavy atom. The molecule has 0 aromatic carbocycles. The Morgan fingerprint density at radius 1 is 1.11 bits per heavy atom. The molecule has 0 aliphatic heterocycles. The topological polar surface area (TPSA) is 94.9 Å². The van der Waals surface area contributed by atoms with Gasteiger partial charge in [-0.1, -0.05) is 20.8 Å². The predicted molar refractivity (Wildman–Crippen MR) is 65.1 cm³/mol. The van der Waals surface area contributed by atoms with Gasteiger partial charge in [0, 0.05) is 13.0 Å². The van der Waals surface area contributed by atoms with Gasteiger partial charge in [-0.2, -0.15) is 0 Å². The summed E-state index contributed by atoms with van der Waals surface area (Å²) in [7, 11) is 0. The Hall–Kier alpha value is -1.59. The van der Waals surface area contributed by atoms with Gasteiger partial charge in [0.25, 0.3) is 0 Å². The number of amides is 1. The van der Waals surface area contributed by atoms with E-state index in [-0.39, 0.29) is 31.2 Å². The molecule has 104 valence electrons. The van der Waals surface area contributed by atoms with Crippen LogP contribution in [0.25, 0.3) is 0 Å². The molecule has 0 heterocycles. The fourth-order valence-corrected chi connectivity index (χ4v) is 1.77. The van der Waals surface area contributed by atoms with Gasteiger partial charge in [0.15, 0.2) is 0 Å². The van der Waals surface area contributed by atoms with E-state index >= 15 is 0 Å². The highest BCUT2D eigenvalue weighted by molar-refractivity contribution is 5.84. The summed E-state index contributed by atoms with van der Waals surface area (Å²) in [4.78, 5) is 34.8. The van der Waals surface area contributed by atoms with Gasteiger partial charge in [-0.25, -0.2) is 4.79 Å². The van der Waals surface area contributed by atoms with Crippen LogP contribution in [-0.4, -0.2) is 45.5 Å². The molecular formula is C12H21NO5. The molecule has 0 aromatic rings. The maximum Gasteiger partial charge on any atom is 0.326 e. The summed E-state index contributed by atoms with van der Waals surface area (Å²) < 4.78 is 0. The molecule has 1 unspecified atom stereocenters. The van der Waals surface area contributed by atoms with Crippen LogP contribution in [0.2, 0.25) is 0 Å². The number of carboxylic acid groups (broad SMARTS) is 2. The number of nitrogens with zero attached hydrogens (tertiary/aromatic N) is 1. The molecule has 0 radical (unpaired) electrons. The van der Waals surface area contributed by atoms with Crippen LogP contribution in [0.5, 0.6) is 0 Å². The monoisotopic (exact) mass is 259 g/mol. The van der Waals surface area contributed by atoms with Crippen molar-refractivity contribution in [3.05, 3.63) is 0 Å². The van der Waals surface area contributed by atoms with Crippen LogP contribution >= 0.6 is 0 Å². The maximum absolute atomic E-state index is 11.9. The van der Waals surface area contributed by atoms with Crippen LogP contribution in [0.4, 0.5) is 0 Å². The molecule has 18 heavy (non-hydrogen) atoms. The first-order valence-corrected chi connectivity index (χ1v) is 6.05. The number of carbonyl (C=O) groups excluding carboxylic acids is 1. The Morgan fingerprint density at radius 3 is 2.00 bits per heavy atom. The minimum atomic E-state index is -1.10. The van der Waals surface area contributed by atoms with Gasteiger partial charge in [-0.15, -0.1) is 0 Å². The fourth-order valence-electron chi connectivity index (χ4n) is 1.77. The lowest BCUT2D eigenvalue weighted by Crippen LogP contribution is -2.48. The molecule has 0 aliphatic rings. The molecule has 1 atom stereocenters. The predicted octanol–water partition coefficient (Wildman–Crippen LogP) is 1.20. The minimum absolute atomic E-state index is 0.0662. The molecule has 1 amide bonds. The molecule has 0 saturated carbocycles. The molecule has 0 saturated heterocycles. The van der Waals surface area contributed by atoms with Gasteiger partial charge in [0.05, 0.1) is 6.42 Å². The summed E-state index contributed by atoms with van der Waals surface area (Å²) in [6, 6.07) is -0.969. The first-order chi connectivity index (χ1) is 8.31. The lowest BCUT2D eigenvalue weighted by Gasteiger charge is -2.31. The van der Waals surface area contributed by atoms with Crippen LogP contribution in [0, 0.1) is 5.92 Å². The van der Waals surface area contributed by atoms with Crippen molar-refractivity contribution in [1.82, 2.24) is 4.90 Å². The molecule has 0 aliphatic carbocycles. The highest BCUT2D eigenvalue weighted by Gasteiger charge is 2.31. The highest BCUT2D eigenvalue weighted by Crippen LogP contribution is 2.14. The maximum atomic E-state index is 11.9. The zero-order chi connectivity index (χ0) is 14.3. The second-order valence-corrected chi connectivity index (χ2v) is 4.51. The molecule has 0 spiro atoms. The number of carbonyl (C=O) groups is 3. The molecule has 0 bridgehead atoms. The summed E-state index contributed by atoms with van der Waals surface area (Å²) >= 11 is 0. The number of hydrogen-bond acceptors (Lipinski definition) is 3. The van der Waals surface area contributed by atoms with Crippen molar-refractivity contribution < 1.29 is 24.6 Å². The van der Waals surface area contributed by atoms with Crippen molar-refractivity contribution >= 4 is 17.8 Å². The smallest absolute Gasteiger partial charge is 0.326 e. The average molecular weight is 259 g/mol. The molecule has 6 heteroatoms. The van der Waals surface area contributed by atoms with E-state index in [1.54, 1.807) is 13.8 Å². The zero-order valence-corrected chi connectivity index (χ0v) is 11.0. The first kappa shape index (κ1) is 16.4. The van der Waals surface area contributed by atoms with Crippen molar-refractivity contribution in [2.45, 2.75) is 46.1 Å². The summed E-state index contributed by atoms with van der Waals surface area (Å²) in [5, 5.41) is 17.8. The zero-order valence-electron chi connectivity index (χ0n) is 11.0. The number of carboxylic acids is 2. The fraction of sp³-hybridized carbons (Fsp3) is 0.750. The van der Waals surface area contributed by atoms with Gasteiger partial charge in [-0.3, -0.25) is 9.59 Å². The summed E-state index contributed by atoms with van der Waals surface area (Å²) in [6.07, 6.45) is 0.592. The van der Waals surface area contributed by atoms with Gasteiger partial charge in [0.1, 0.15) is 6.04 Å². The van der Waals surface area contributed by atoms with E-state index < -0.39 is 18.0 Å². The molecular weight excluding hydrogens is 238 g/mol. The van der Waals surface area contributed by atoms with E-state index in [2.05, 4.69) is 0 Å². The van der Waals surface area contributed by atoms with Gasteiger partial charge in [-0.05, 0) is 12.3 Å². The number of rotatable bonds is 8. The summed E-state index contributed by atoms with van der Waals surface area (Å²) in [5.41, 5.74) is 0. The Kier molecular flexibility index (Phi) is 7.00. The minimum Gasteiger partial charge on any atom is -0.481 e. The first-order valence-electron chi connectivity index (χ1n) is 6.05. The third kappa shape index (κ3) is 5.16. The van der Waals surface area contributed by atoms with E-state index in [1.165, 1.54) is 4.90 Å². The van der Waals surface area contributed by atoms with Crippen molar-refractivity contribution in [2.75, 3.05) is 6.54 Å². The highest BCUT2D eigenvalue weighted by atomic mass is 16.4. The second-order valence-electron chi connectivity index (χ2n) is 4.51. The Bertz CT molecular complexity index is 314. The largest absolute Gasteiger partial charge is 0.481 e. The van der Waals surface area contributed by atoms with Crippen LogP contribution in [-0.2, 0) is 14.4 Å². The SMILES string of the molecule is CCCC(=O)N(CCC(=O)O)C(C(=O)O)C(C)C. The van der Waals surface area contributed by atoms with Gasteiger partial charge >= 0.3 is 11.9 Å². The van der Waals surface area contributed by atoms with E-state index in [0.717, 1.165) is 0 Å². The van der Waals surface area contributed by atoms with Crippen LogP contribution in [0.1, 0.15) is 40.0 Å². The molecule has 2 N–H and O–H groups in total. The van der Waals surface area contributed by atoms with Crippen LogP contribution in [0.15, 0.2) is 0 Å². The van der Waals surface area contributed by atoms with Crippen LogP contribution < -0.4 is 0 Å². The third-order valence-electron chi connectivity index (χ3n) is 2.57. The molecule has 0 rings (SSSR count). The van der Waals surface area contributed by atoms with E-state index in [4.69, 9.17) is 10.2 Å². The normalized spacial score (nSPS) is 12.2. The molecule has 0 fully saturated rings. The van der Waals surface area contributed by atoms with Crippen molar-refractivity contribution in [3.8, 4) is 0 Å². The standard InChI is InChI=1S/C12H21NO5/c1-4-5-9(14)13(7-6-10(15)16)11(8(2)3)12(17)18/h8,11H,4-7H2,1-3H3,(H,15,16)(H,17,18). The number of aliphatic carboxylic acids is 2. The quantitative estimate of drug-likeness (QED) is 0.683. The Balaban J connectivity index is 4.96. The van der Waals surface area contributed by atoms with E-state index in [9.17, 15) is 14.4 Å². The van der Waals surface area contributed by atoms with Crippen molar-refractivity contribution in [1.29, 1.82) is 0 Å². The summed E-state index contributed by atoms with van der Waals surface area (Å²) in [6.45, 7) is 5.15. The molecule has 0 aromatic heterocycles. The van der Waals surface area contributed by atoms with Gasteiger partial charge in [0.2, 0.25) is 5.91 Å². The van der Waals surface area contributed by atoms with Crippen molar-refractivity contribution in [3.63, 3.8) is 0 Å². The molecule has 6 nitrogen and oxygen atoms in total. The summed E-state index contributed by atoms with van der Waals surface area (Å²) in [5.74, 6) is -2.71. The van der Waals surface area contributed by atoms with Crippen LogP contribution in [0.3, 0.4) is 0 Å². The average Bonchev–Trinajstić information content (AvgIpc) is 2.22. The van der Waals surface area contributed by atoms with E-state index in [1.807, 2.05) is 6.92 Å². The van der Waals surface area contributed by atoms with E-state index in [0.29, 0.717) is 6.42 Å². The number of hydrogen-bond donors (Lipinski definition) is 2. The third-order valence-corrected chi connectivity index (χ3v) is 2.57. The second kappa shape index (κ2) is 7.68. The lowest BCUT2D eigenvalue weighted by molar-refractivity contribution is -0.153.